The van der Waals surface area contributed by atoms with Crippen LogP contribution in [0.2, 0.25) is 0 Å². The average molecular weight is 242 g/mol. The number of hydrogen-bond acceptors (Lipinski definition) is 3. The summed E-state index contributed by atoms with van der Waals surface area (Å²) in [7, 11) is 1.98. The summed E-state index contributed by atoms with van der Waals surface area (Å²) < 4.78 is 0. The first kappa shape index (κ1) is 14.5. The standard InChI is InChI=1S/C13H26N2O2/c1-4-10(5-2)12(16)8-14-13(17)9-15(3)11-6-7-11/h10-12,16H,4-9H2,1-3H3,(H,14,17). The zero-order valence-corrected chi connectivity index (χ0v) is 11.3. The van der Waals surface area contributed by atoms with E-state index in [0.717, 1.165) is 12.8 Å². The molecule has 0 aromatic heterocycles. The molecule has 1 saturated carbocycles. The number of amides is 1. The minimum Gasteiger partial charge on any atom is -0.391 e. The maximum absolute atomic E-state index is 11.6. The molecule has 0 bridgehead atoms. The lowest BCUT2D eigenvalue weighted by Gasteiger charge is -2.21. The summed E-state index contributed by atoms with van der Waals surface area (Å²) in [5.41, 5.74) is 0. The van der Waals surface area contributed by atoms with Crippen LogP contribution in [0.3, 0.4) is 0 Å². The van der Waals surface area contributed by atoms with Crippen LogP contribution >= 0.6 is 0 Å². The van der Waals surface area contributed by atoms with E-state index in [9.17, 15) is 9.90 Å². The van der Waals surface area contributed by atoms with E-state index >= 15 is 0 Å². The molecule has 0 aromatic rings. The Morgan fingerprint density at radius 1 is 1.41 bits per heavy atom. The van der Waals surface area contributed by atoms with Gasteiger partial charge in [-0.2, -0.15) is 0 Å². The molecule has 0 saturated heterocycles. The lowest BCUT2D eigenvalue weighted by molar-refractivity contribution is -0.122. The van der Waals surface area contributed by atoms with Crippen molar-refractivity contribution in [2.24, 2.45) is 5.92 Å². The number of nitrogens with zero attached hydrogens (tertiary/aromatic N) is 1. The molecule has 17 heavy (non-hydrogen) atoms. The summed E-state index contributed by atoms with van der Waals surface area (Å²) in [6, 6.07) is 0.602. The first-order valence-corrected chi connectivity index (χ1v) is 6.73. The Kier molecular flexibility index (Phi) is 5.92. The summed E-state index contributed by atoms with van der Waals surface area (Å²) in [6.45, 7) is 4.96. The van der Waals surface area contributed by atoms with Crippen LogP contribution in [0.25, 0.3) is 0 Å². The van der Waals surface area contributed by atoms with E-state index in [4.69, 9.17) is 0 Å². The molecular formula is C13H26N2O2. The maximum atomic E-state index is 11.6. The van der Waals surface area contributed by atoms with Gasteiger partial charge in [0.05, 0.1) is 12.6 Å². The third-order valence-electron chi connectivity index (χ3n) is 3.66. The molecule has 1 amide bonds. The van der Waals surface area contributed by atoms with E-state index in [1.807, 2.05) is 7.05 Å². The largest absolute Gasteiger partial charge is 0.391 e. The fourth-order valence-electron chi connectivity index (χ4n) is 2.14. The third-order valence-corrected chi connectivity index (χ3v) is 3.66. The molecule has 1 aliphatic rings. The average Bonchev–Trinajstić information content (AvgIpc) is 3.11. The minimum absolute atomic E-state index is 0.0180. The number of aliphatic hydroxyl groups is 1. The van der Waals surface area contributed by atoms with Crippen molar-refractivity contribution in [3.63, 3.8) is 0 Å². The SMILES string of the molecule is CCC(CC)C(O)CNC(=O)CN(C)C1CC1. The zero-order chi connectivity index (χ0) is 12.8. The van der Waals surface area contributed by atoms with Gasteiger partial charge in [0.1, 0.15) is 0 Å². The Bertz CT molecular complexity index is 238. The number of carbonyl (C=O) groups excluding carboxylic acids is 1. The van der Waals surface area contributed by atoms with Crippen molar-refractivity contribution < 1.29 is 9.90 Å². The van der Waals surface area contributed by atoms with Crippen LogP contribution in [0.15, 0.2) is 0 Å². The molecule has 1 unspecified atom stereocenters. The number of carbonyl (C=O) groups is 1. The molecule has 1 aliphatic carbocycles. The third kappa shape index (κ3) is 5.04. The molecule has 4 nitrogen and oxygen atoms in total. The van der Waals surface area contributed by atoms with E-state index < -0.39 is 6.10 Å². The number of hydrogen-bond donors (Lipinski definition) is 2. The monoisotopic (exact) mass is 242 g/mol. The van der Waals surface area contributed by atoms with Crippen LogP contribution < -0.4 is 5.32 Å². The molecule has 2 N–H and O–H groups in total. The Labute approximate surface area is 104 Å². The predicted molar refractivity (Wildman–Crippen MR) is 68.7 cm³/mol. The molecule has 0 heterocycles. The van der Waals surface area contributed by atoms with Crippen molar-refractivity contribution in [1.82, 2.24) is 10.2 Å². The molecule has 0 aliphatic heterocycles. The quantitative estimate of drug-likeness (QED) is 0.667. The predicted octanol–water partition coefficient (Wildman–Crippen LogP) is 0.994. The number of likely N-dealkylation sites (N-methyl/N-ethyl adjacent to an activating group) is 1. The smallest absolute Gasteiger partial charge is 0.234 e. The van der Waals surface area contributed by atoms with Gasteiger partial charge in [0.15, 0.2) is 0 Å². The van der Waals surface area contributed by atoms with E-state index in [-0.39, 0.29) is 11.8 Å². The van der Waals surface area contributed by atoms with Crippen LogP contribution in [0, 0.1) is 5.92 Å². The van der Waals surface area contributed by atoms with Crippen LogP contribution in [0.4, 0.5) is 0 Å². The molecule has 1 fully saturated rings. The summed E-state index contributed by atoms with van der Waals surface area (Å²) in [4.78, 5) is 13.7. The second-order valence-corrected chi connectivity index (χ2v) is 5.09. The fraction of sp³-hybridized carbons (Fsp3) is 0.923. The summed E-state index contributed by atoms with van der Waals surface area (Å²) in [5, 5.41) is 12.7. The lowest BCUT2D eigenvalue weighted by Crippen LogP contribution is -2.41. The van der Waals surface area contributed by atoms with Crippen LogP contribution in [-0.2, 0) is 4.79 Å². The van der Waals surface area contributed by atoms with Gasteiger partial charge in [0, 0.05) is 12.6 Å². The second kappa shape index (κ2) is 6.97. The van der Waals surface area contributed by atoms with Crippen molar-refractivity contribution in [2.75, 3.05) is 20.1 Å². The molecular weight excluding hydrogens is 216 g/mol. The highest BCUT2D eigenvalue weighted by Gasteiger charge is 2.27. The van der Waals surface area contributed by atoms with E-state index in [0.29, 0.717) is 19.1 Å². The summed E-state index contributed by atoms with van der Waals surface area (Å²) in [5.74, 6) is 0.306. The highest BCUT2D eigenvalue weighted by atomic mass is 16.3. The van der Waals surface area contributed by atoms with E-state index in [1.165, 1.54) is 12.8 Å². The number of rotatable bonds is 8. The van der Waals surface area contributed by atoms with Crippen LogP contribution in [0.1, 0.15) is 39.5 Å². The van der Waals surface area contributed by atoms with Gasteiger partial charge in [-0.25, -0.2) is 0 Å². The van der Waals surface area contributed by atoms with Crippen molar-refractivity contribution >= 4 is 5.91 Å². The van der Waals surface area contributed by atoms with Gasteiger partial charge in [0.25, 0.3) is 0 Å². The second-order valence-electron chi connectivity index (χ2n) is 5.09. The van der Waals surface area contributed by atoms with Crippen LogP contribution in [-0.4, -0.2) is 48.2 Å². The van der Waals surface area contributed by atoms with E-state index in [1.54, 1.807) is 0 Å². The molecule has 100 valence electrons. The van der Waals surface area contributed by atoms with Crippen molar-refractivity contribution in [2.45, 2.75) is 51.7 Å². The Morgan fingerprint density at radius 3 is 2.47 bits per heavy atom. The fourth-order valence-corrected chi connectivity index (χ4v) is 2.14. The van der Waals surface area contributed by atoms with Crippen LogP contribution in [0.5, 0.6) is 0 Å². The molecule has 1 atom stereocenters. The van der Waals surface area contributed by atoms with Gasteiger partial charge in [-0.1, -0.05) is 26.7 Å². The Hall–Kier alpha value is -0.610. The molecule has 1 rings (SSSR count). The number of nitrogens with one attached hydrogen (secondary N) is 1. The Morgan fingerprint density at radius 2 is 2.00 bits per heavy atom. The first-order chi connectivity index (χ1) is 8.08. The highest BCUT2D eigenvalue weighted by molar-refractivity contribution is 5.78. The Balaban J connectivity index is 2.17. The maximum Gasteiger partial charge on any atom is 0.234 e. The van der Waals surface area contributed by atoms with Crippen molar-refractivity contribution in [3.8, 4) is 0 Å². The van der Waals surface area contributed by atoms with Gasteiger partial charge >= 0.3 is 0 Å². The van der Waals surface area contributed by atoms with Crippen molar-refractivity contribution in [1.29, 1.82) is 0 Å². The summed E-state index contributed by atoms with van der Waals surface area (Å²) >= 11 is 0. The number of aliphatic hydroxyl groups excluding tert-OH is 1. The minimum atomic E-state index is -0.416. The topological polar surface area (TPSA) is 52.6 Å². The molecule has 0 spiro atoms. The highest BCUT2D eigenvalue weighted by Crippen LogP contribution is 2.24. The summed E-state index contributed by atoms with van der Waals surface area (Å²) in [6.07, 6.45) is 3.91. The lowest BCUT2D eigenvalue weighted by atomic mass is 9.96. The van der Waals surface area contributed by atoms with Gasteiger partial charge in [-0.15, -0.1) is 0 Å². The van der Waals surface area contributed by atoms with E-state index in [2.05, 4.69) is 24.1 Å². The normalized spacial score (nSPS) is 17.5. The van der Waals surface area contributed by atoms with Gasteiger partial charge in [0.2, 0.25) is 5.91 Å². The van der Waals surface area contributed by atoms with Gasteiger partial charge < -0.3 is 10.4 Å². The molecule has 0 radical (unpaired) electrons. The molecule has 0 aromatic carbocycles. The van der Waals surface area contributed by atoms with Crippen molar-refractivity contribution in [3.05, 3.63) is 0 Å². The van der Waals surface area contributed by atoms with Gasteiger partial charge in [-0.05, 0) is 25.8 Å². The van der Waals surface area contributed by atoms with Gasteiger partial charge in [-0.3, -0.25) is 9.69 Å². The first-order valence-electron chi connectivity index (χ1n) is 6.73. The molecule has 4 heteroatoms. The zero-order valence-electron chi connectivity index (χ0n) is 11.3.